The van der Waals surface area contributed by atoms with Crippen LogP contribution in [0, 0.1) is 0 Å². The zero-order valence-corrected chi connectivity index (χ0v) is 19.9. The van der Waals surface area contributed by atoms with Crippen molar-refractivity contribution in [1.29, 1.82) is 0 Å². The summed E-state index contributed by atoms with van der Waals surface area (Å²) in [6.45, 7) is 0.462. The normalized spacial score (nSPS) is 15.7. The van der Waals surface area contributed by atoms with Crippen LogP contribution in [0.3, 0.4) is 0 Å². The first kappa shape index (κ1) is 22.4. The van der Waals surface area contributed by atoms with E-state index in [0.29, 0.717) is 46.3 Å². The van der Waals surface area contributed by atoms with Crippen molar-refractivity contribution in [2.24, 2.45) is 0 Å². The van der Waals surface area contributed by atoms with Crippen molar-refractivity contribution >= 4 is 49.9 Å². The number of aromatic amines is 1. The summed E-state index contributed by atoms with van der Waals surface area (Å²) < 4.78 is 26.5. The fourth-order valence-electron chi connectivity index (χ4n) is 4.10. The van der Waals surface area contributed by atoms with Gasteiger partial charge in [0.15, 0.2) is 0 Å². The van der Waals surface area contributed by atoms with Gasteiger partial charge in [-0.15, -0.1) is 0 Å². The molecule has 1 saturated heterocycles. The number of hydrogen-bond acceptors (Lipinski definition) is 4. The van der Waals surface area contributed by atoms with E-state index in [1.54, 1.807) is 42.5 Å². The Balaban J connectivity index is 1.36. The number of para-hydroxylation sites is 2. The molecule has 1 aromatic heterocycles. The smallest absolute Gasteiger partial charge is 0.255 e. The van der Waals surface area contributed by atoms with Gasteiger partial charge in [-0.2, -0.15) is 0 Å². The molecule has 7 nitrogen and oxygen atoms in total. The monoisotopic (exact) mass is 494 g/mol. The molecule has 0 radical (unpaired) electrons. The Morgan fingerprint density at radius 2 is 1.79 bits per heavy atom. The molecule has 0 spiro atoms. The molecular weight excluding hydrogens is 472 g/mol. The van der Waals surface area contributed by atoms with Gasteiger partial charge in [-0.25, -0.2) is 13.4 Å². The number of aromatic nitrogens is 2. The summed E-state index contributed by atoms with van der Waals surface area (Å²) >= 11 is 6.41. The van der Waals surface area contributed by atoms with E-state index >= 15 is 0 Å². The number of halogens is 1. The fraction of sp³-hybridized carbons (Fsp3) is 0.200. The summed E-state index contributed by atoms with van der Waals surface area (Å²) in [5, 5.41) is 3.40. The van der Waals surface area contributed by atoms with Crippen LogP contribution in [0.2, 0.25) is 5.02 Å². The van der Waals surface area contributed by atoms with Crippen LogP contribution in [0.4, 0.5) is 11.4 Å². The third-order valence-electron chi connectivity index (χ3n) is 5.89. The van der Waals surface area contributed by atoms with Gasteiger partial charge >= 0.3 is 0 Å². The van der Waals surface area contributed by atoms with Gasteiger partial charge in [0.05, 0.1) is 27.5 Å². The number of hydrogen-bond donors (Lipinski definition) is 2. The Labute approximate surface area is 202 Å². The van der Waals surface area contributed by atoms with Gasteiger partial charge in [-0.1, -0.05) is 30.2 Å². The van der Waals surface area contributed by atoms with Crippen molar-refractivity contribution < 1.29 is 13.2 Å². The van der Waals surface area contributed by atoms with Gasteiger partial charge in [-0.05, 0) is 67.4 Å². The predicted molar refractivity (Wildman–Crippen MR) is 136 cm³/mol. The lowest BCUT2D eigenvalue weighted by atomic mass is 10.1. The van der Waals surface area contributed by atoms with Crippen molar-refractivity contribution in [3.63, 3.8) is 0 Å². The lowest BCUT2D eigenvalue weighted by Gasteiger charge is -2.22. The molecule has 0 bridgehead atoms. The van der Waals surface area contributed by atoms with Gasteiger partial charge < -0.3 is 10.3 Å². The van der Waals surface area contributed by atoms with Crippen LogP contribution in [-0.4, -0.2) is 36.6 Å². The number of imidazole rings is 1. The SMILES string of the molecule is O=C(Nc1ccc(Cl)c(-c2nc3ccccc3[nH]2)c1)c1ccc(N2CCCCCS2(=O)=O)cc1. The summed E-state index contributed by atoms with van der Waals surface area (Å²) in [4.78, 5) is 20.7. The van der Waals surface area contributed by atoms with Crippen molar-refractivity contribution in [3.05, 3.63) is 77.3 Å². The quantitative estimate of drug-likeness (QED) is 0.394. The molecule has 1 aliphatic rings. The highest BCUT2D eigenvalue weighted by Crippen LogP contribution is 2.30. The standard InChI is InChI=1S/C25H23ClN4O3S/c26-21-13-10-18(16-20(21)24-28-22-6-2-3-7-23(22)29-24)27-25(31)17-8-11-19(12-9-17)30-14-4-1-5-15-34(30,32)33/h2-3,6-13,16H,1,4-5,14-15H2,(H,27,31)(H,28,29). The minimum Gasteiger partial charge on any atom is -0.338 e. The number of nitrogens with zero attached hydrogens (tertiary/aromatic N) is 2. The average Bonchev–Trinajstić information content (AvgIpc) is 3.18. The van der Waals surface area contributed by atoms with E-state index in [0.717, 1.165) is 23.9 Å². The molecule has 1 fully saturated rings. The van der Waals surface area contributed by atoms with E-state index in [-0.39, 0.29) is 11.7 Å². The van der Waals surface area contributed by atoms with E-state index < -0.39 is 10.0 Å². The first-order valence-corrected chi connectivity index (χ1v) is 13.1. The summed E-state index contributed by atoms with van der Waals surface area (Å²) in [6, 6.07) is 19.5. The maximum atomic E-state index is 12.9. The third kappa shape index (κ3) is 4.51. The summed E-state index contributed by atoms with van der Waals surface area (Å²) in [6.07, 6.45) is 2.40. The highest BCUT2D eigenvalue weighted by Gasteiger charge is 2.24. The van der Waals surface area contributed by atoms with Crippen molar-refractivity contribution in [2.45, 2.75) is 19.3 Å². The van der Waals surface area contributed by atoms with Crippen LogP contribution in [0.5, 0.6) is 0 Å². The topological polar surface area (TPSA) is 95.2 Å². The fourth-order valence-corrected chi connectivity index (χ4v) is 5.95. The number of amides is 1. The maximum Gasteiger partial charge on any atom is 0.255 e. The molecule has 34 heavy (non-hydrogen) atoms. The van der Waals surface area contributed by atoms with Gasteiger partial charge in [0.1, 0.15) is 5.82 Å². The minimum atomic E-state index is -3.33. The third-order valence-corrected chi connectivity index (χ3v) is 8.08. The summed E-state index contributed by atoms with van der Waals surface area (Å²) in [5.74, 6) is 0.466. The molecule has 1 aliphatic heterocycles. The van der Waals surface area contributed by atoms with Crippen LogP contribution in [0.25, 0.3) is 22.4 Å². The lowest BCUT2D eigenvalue weighted by molar-refractivity contribution is 0.102. The molecule has 1 amide bonds. The van der Waals surface area contributed by atoms with E-state index in [1.165, 1.54) is 4.31 Å². The van der Waals surface area contributed by atoms with Gasteiger partial charge in [0, 0.05) is 23.4 Å². The highest BCUT2D eigenvalue weighted by molar-refractivity contribution is 7.92. The number of rotatable bonds is 4. The zero-order chi connectivity index (χ0) is 23.7. The molecule has 0 unspecified atom stereocenters. The second kappa shape index (κ2) is 9.12. The zero-order valence-electron chi connectivity index (χ0n) is 18.3. The number of fused-ring (bicyclic) bond motifs is 1. The minimum absolute atomic E-state index is 0.152. The number of anilines is 2. The number of H-pyrrole nitrogens is 1. The number of nitrogens with one attached hydrogen (secondary N) is 2. The Morgan fingerprint density at radius 1 is 1.00 bits per heavy atom. The number of carbonyl (C=O) groups is 1. The highest BCUT2D eigenvalue weighted by atomic mass is 35.5. The molecule has 2 N–H and O–H groups in total. The molecule has 4 aromatic rings. The van der Waals surface area contributed by atoms with Crippen LogP contribution < -0.4 is 9.62 Å². The lowest BCUT2D eigenvalue weighted by Crippen LogP contribution is -2.32. The molecule has 0 saturated carbocycles. The Bertz CT molecular complexity index is 1430. The second-order valence-electron chi connectivity index (χ2n) is 8.25. The Hall–Kier alpha value is -3.36. The Morgan fingerprint density at radius 3 is 2.59 bits per heavy atom. The van der Waals surface area contributed by atoms with Gasteiger partial charge in [0.2, 0.25) is 10.0 Å². The first-order chi connectivity index (χ1) is 16.4. The van der Waals surface area contributed by atoms with Crippen LogP contribution in [0.1, 0.15) is 29.6 Å². The van der Waals surface area contributed by atoms with Gasteiger partial charge in [-0.3, -0.25) is 9.10 Å². The molecule has 174 valence electrons. The van der Waals surface area contributed by atoms with Gasteiger partial charge in [0.25, 0.3) is 5.91 Å². The molecule has 2 heterocycles. The predicted octanol–water partition coefficient (Wildman–Crippen LogP) is 5.46. The van der Waals surface area contributed by atoms with E-state index in [9.17, 15) is 13.2 Å². The molecule has 3 aromatic carbocycles. The van der Waals surface area contributed by atoms with Crippen molar-refractivity contribution in [2.75, 3.05) is 21.9 Å². The van der Waals surface area contributed by atoms with Crippen molar-refractivity contribution in [3.8, 4) is 11.4 Å². The average molecular weight is 495 g/mol. The van der Waals surface area contributed by atoms with Crippen LogP contribution in [0.15, 0.2) is 66.7 Å². The number of sulfonamides is 1. The largest absolute Gasteiger partial charge is 0.338 e. The van der Waals surface area contributed by atoms with E-state index in [4.69, 9.17) is 11.6 Å². The maximum absolute atomic E-state index is 12.9. The number of benzene rings is 3. The molecule has 5 rings (SSSR count). The molecular formula is C25H23ClN4O3S. The van der Waals surface area contributed by atoms with Crippen LogP contribution in [-0.2, 0) is 10.0 Å². The Kier molecular flexibility index (Phi) is 6.02. The summed E-state index contributed by atoms with van der Waals surface area (Å²) in [7, 11) is -3.33. The molecule has 0 aliphatic carbocycles. The second-order valence-corrected chi connectivity index (χ2v) is 10.7. The van der Waals surface area contributed by atoms with E-state index in [2.05, 4.69) is 15.3 Å². The van der Waals surface area contributed by atoms with E-state index in [1.807, 2.05) is 24.3 Å². The first-order valence-electron chi connectivity index (χ1n) is 11.1. The van der Waals surface area contributed by atoms with Crippen LogP contribution >= 0.6 is 11.6 Å². The summed E-state index contributed by atoms with van der Waals surface area (Å²) in [5.41, 5.74) is 3.98. The molecule has 9 heteroatoms. The number of carbonyl (C=O) groups excluding carboxylic acids is 1. The van der Waals surface area contributed by atoms with Crippen molar-refractivity contribution in [1.82, 2.24) is 9.97 Å². The molecule has 0 atom stereocenters.